The average molecular weight is 238 g/mol. The number of thioether (sulfide) groups is 1. The van der Waals surface area contributed by atoms with Crippen LogP contribution in [-0.4, -0.2) is 23.5 Å². The number of nitrogens with zero attached hydrogens (tertiary/aromatic N) is 1. The van der Waals surface area contributed by atoms with Crippen molar-refractivity contribution in [1.29, 1.82) is 0 Å². The molecule has 0 bridgehead atoms. The first-order chi connectivity index (χ1) is 7.83. The van der Waals surface area contributed by atoms with Crippen LogP contribution in [-0.2, 0) is 6.54 Å². The summed E-state index contributed by atoms with van der Waals surface area (Å²) >= 11 is 1.93. The number of nitrogens with one attached hydrogen (secondary N) is 1. The monoisotopic (exact) mass is 238 g/mol. The van der Waals surface area contributed by atoms with Crippen LogP contribution in [0.3, 0.4) is 0 Å². The van der Waals surface area contributed by atoms with E-state index in [0.717, 1.165) is 24.5 Å². The summed E-state index contributed by atoms with van der Waals surface area (Å²) in [5, 5.41) is 3.44. The molecule has 0 fully saturated rings. The Morgan fingerprint density at radius 3 is 2.88 bits per heavy atom. The molecule has 0 radical (unpaired) electrons. The van der Waals surface area contributed by atoms with Gasteiger partial charge in [-0.15, -0.1) is 0 Å². The number of pyridine rings is 1. The van der Waals surface area contributed by atoms with Gasteiger partial charge in [0.15, 0.2) is 0 Å². The van der Waals surface area contributed by atoms with Crippen molar-refractivity contribution in [2.75, 3.05) is 18.6 Å². The van der Waals surface area contributed by atoms with E-state index < -0.39 is 0 Å². The summed E-state index contributed by atoms with van der Waals surface area (Å²) in [6.45, 7) is 4.03. The lowest BCUT2D eigenvalue weighted by Crippen LogP contribution is -2.15. The second-order valence-electron chi connectivity index (χ2n) is 4.00. The zero-order chi connectivity index (χ0) is 11.6. The molecule has 0 unspecified atom stereocenters. The van der Waals surface area contributed by atoms with Crippen LogP contribution in [0.4, 0.5) is 0 Å². The zero-order valence-corrected chi connectivity index (χ0v) is 11.1. The Hall–Kier alpha value is -0.540. The number of hydrogen-bond donors (Lipinski definition) is 1. The molecule has 0 atom stereocenters. The van der Waals surface area contributed by atoms with Crippen molar-refractivity contribution < 1.29 is 0 Å². The van der Waals surface area contributed by atoms with Gasteiger partial charge in [0.05, 0.1) is 5.69 Å². The van der Waals surface area contributed by atoms with Crippen LogP contribution in [0.5, 0.6) is 0 Å². The maximum absolute atomic E-state index is 4.45. The third kappa shape index (κ3) is 6.13. The molecule has 0 aliphatic rings. The van der Waals surface area contributed by atoms with Gasteiger partial charge in [0.25, 0.3) is 0 Å². The highest BCUT2D eigenvalue weighted by Crippen LogP contribution is 2.02. The zero-order valence-electron chi connectivity index (χ0n) is 10.3. The van der Waals surface area contributed by atoms with E-state index in [1.807, 2.05) is 24.8 Å². The van der Waals surface area contributed by atoms with Gasteiger partial charge in [0.1, 0.15) is 0 Å². The molecule has 1 aromatic heterocycles. The van der Waals surface area contributed by atoms with Gasteiger partial charge < -0.3 is 5.32 Å². The molecule has 0 saturated heterocycles. The fraction of sp³-hybridized carbons (Fsp3) is 0.615. The largest absolute Gasteiger partial charge is 0.311 e. The van der Waals surface area contributed by atoms with Crippen LogP contribution < -0.4 is 5.32 Å². The predicted octanol–water partition coefficient (Wildman–Crippen LogP) is 3.01. The molecule has 0 saturated carbocycles. The lowest BCUT2D eigenvalue weighted by molar-refractivity contribution is 0.612. The van der Waals surface area contributed by atoms with Crippen LogP contribution in [0, 0.1) is 6.92 Å². The highest BCUT2D eigenvalue weighted by Gasteiger charge is 1.94. The number of aromatic nitrogens is 1. The number of rotatable bonds is 8. The summed E-state index contributed by atoms with van der Waals surface area (Å²) in [5.41, 5.74) is 2.24. The van der Waals surface area contributed by atoms with Gasteiger partial charge in [-0.1, -0.05) is 12.5 Å². The Morgan fingerprint density at radius 1 is 1.25 bits per heavy atom. The third-order valence-corrected chi connectivity index (χ3v) is 3.15. The van der Waals surface area contributed by atoms with Gasteiger partial charge in [0, 0.05) is 12.2 Å². The fourth-order valence-electron chi connectivity index (χ4n) is 1.59. The van der Waals surface area contributed by atoms with E-state index in [0.29, 0.717) is 0 Å². The van der Waals surface area contributed by atoms with E-state index in [2.05, 4.69) is 28.7 Å². The molecule has 0 spiro atoms. The van der Waals surface area contributed by atoms with Crippen LogP contribution in [0.15, 0.2) is 18.2 Å². The van der Waals surface area contributed by atoms with Crippen LogP contribution in [0.25, 0.3) is 0 Å². The van der Waals surface area contributed by atoms with Crippen molar-refractivity contribution >= 4 is 11.8 Å². The number of unbranched alkanes of at least 4 members (excludes halogenated alkanes) is 2. The average Bonchev–Trinajstić information content (AvgIpc) is 2.28. The summed E-state index contributed by atoms with van der Waals surface area (Å²) in [7, 11) is 0. The molecule has 0 aliphatic heterocycles. The van der Waals surface area contributed by atoms with E-state index in [4.69, 9.17) is 0 Å². The standard InChI is InChI=1S/C13H22N2S/c1-12-7-6-8-13(15-12)11-14-9-4-3-5-10-16-2/h6-8,14H,3-5,9-11H2,1-2H3. The molecular weight excluding hydrogens is 216 g/mol. The fourth-order valence-corrected chi connectivity index (χ4v) is 2.08. The van der Waals surface area contributed by atoms with Crippen molar-refractivity contribution in [2.45, 2.75) is 32.7 Å². The molecule has 0 amide bonds. The minimum Gasteiger partial charge on any atom is -0.311 e. The topological polar surface area (TPSA) is 24.9 Å². The first kappa shape index (κ1) is 13.5. The summed E-state index contributed by atoms with van der Waals surface area (Å²) in [6, 6.07) is 6.18. The summed E-state index contributed by atoms with van der Waals surface area (Å²) in [6.07, 6.45) is 6.11. The van der Waals surface area contributed by atoms with Crippen molar-refractivity contribution in [1.82, 2.24) is 10.3 Å². The quantitative estimate of drug-likeness (QED) is 0.705. The van der Waals surface area contributed by atoms with Crippen molar-refractivity contribution in [2.24, 2.45) is 0 Å². The smallest absolute Gasteiger partial charge is 0.0544 e. The summed E-state index contributed by atoms with van der Waals surface area (Å²) in [4.78, 5) is 4.45. The molecule has 1 aromatic rings. The number of hydrogen-bond acceptors (Lipinski definition) is 3. The molecule has 1 rings (SSSR count). The first-order valence-corrected chi connectivity index (χ1v) is 7.34. The first-order valence-electron chi connectivity index (χ1n) is 5.95. The van der Waals surface area contributed by atoms with E-state index in [9.17, 15) is 0 Å². The van der Waals surface area contributed by atoms with E-state index in [-0.39, 0.29) is 0 Å². The molecular formula is C13H22N2S. The van der Waals surface area contributed by atoms with Gasteiger partial charge in [-0.3, -0.25) is 4.98 Å². The second kappa shape index (κ2) is 8.59. The van der Waals surface area contributed by atoms with Crippen LogP contribution >= 0.6 is 11.8 Å². The molecule has 90 valence electrons. The van der Waals surface area contributed by atoms with Gasteiger partial charge in [-0.2, -0.15) is 11.8 Å². The maximum Gasteiger partial charge on any atom is 0.0544 e. The highest BCUT2D eigenvalue weighted by molar-refractivity contribution is 7.98. The summed E-state index contributed by atoms with van der Waals surface area (Å²) in [5.74, 6) is 1.29. The van der Waals surface area contributed by atoms with Crippen LogP contribution in [0.2, 0.25) is 0 Å². The van der Waals surface area contributed by atoms with E-state index >= 15 is 0 Å². The van der Waals surface area contributed by atoms with Gasteiger partial charge in [-0.25, -0.2) is 0 Å². The Bertz CT molecular complexity index is 289. The minimum atomic E-state index is 0.893. The molecule has 1 N–H and O–H groups in total. The van der Waals surface area contributed by atoms with Crippen molar-refractivity contribution in [3.05, 3.63) is 29.6 Å². The highest BCUT2D eigenvalue weighted by atomic mass is 32.2. The van der Waals surface area contributed by atoms with E-state index in [1.54, 1.807) is 0 Å². The Kier molecular flexibility index (Phi) is 7.26. The van der Waals surface area contributed by atoms with Crippen molar-refractivity contribution in [3.63, 3.8) is 0 Å². The lowest BCUT2D eigenvalue weighted by Gasteiger charge is -2.04. The molecule has 0 aliphatic carbocycles. The van der Waals surface area contributed by atoms with Crippen LogP contribution in [0.1, 0.15) is 30.7 Å². The molecule has 2 nitrogen and oxygen atoms in total. The summed E-state index contributed by atoms with van der Waals surface area (Å²) < 4.78 is 0. The molecule has 3 heteroatoms. The lowest BCUT2D eigenvalue weighted by atomic mass is 10.2. The Balaban J connectivity index is 2.03. The van der Waals surface area contributed by atoms with E-state index in [1.165, 1.54) is 25.0 Å². The van der Waals surface area contributed by atoms with Gasteiger partial charge >= 0.3 is 0 Å². The number of aryl methyl sites for hydroxylation is 1. The predicted molar refractivity (Wildman–Crippen MR) is 72.9 cm³/mol. The second-order valence-corrected chi connectivity index (χ2v) is 4.99. The molecule has 16 heavy (non-hydrogen) atoms. The SMILES string of the molecule is CSCCCCCNCc1cccc(C)n1. The normalized spacial score (nSPS) is 10.6. The maximum atomic E-state index is 4.45. The van der Waals surface area contributed by atoms with Gasteiger partial charge in [-0.05, 0) is 50.5 Å². The third-order valence-electron chi connectivity index (χ3n) is 2.45. The van der Waals surface area contributed by atoms with Crippen molar-refractivity contribution in [3.8, 4) is 0 Å². The Labute approximate surface area is 103 Å². The van der Waals surface area contributed by atoms with Gasteiger partial charge in [0.2, 0.25) is 0 Å². The minimum absolute atomic E-state index is 0.893. The molecule has 1 heterocycles. The molecule has 0 aromatic carbocycles. The Morgan fingerprint density at radius 2 is 2.12 bits per heavy atom.